The predicted molar refractivity (Wildman–Crippen MR) is 64.8 cm³/mol. The molecule has 0 heterocycles. The summed E-state index contributed by atoms with van der Waals surface area (Å²) in [6.45, 7) is 11.6. The van der Waals surface area contributed by atoms with Crippen molar-refractivity contribution in [3.63, 3.8) is 0 Å². The van der Waals surface area contributed by atoms with Gasteiger partial charge in [-0.2, -0.15) is 0 Å². The van der Waals surface area contributed by atoms with E-state index in [1.54, 1.807) is 0 Å². The van der Waals surface area contributed by atoms with Crippen LogP contribution in [0.2, 0.25) is 0 Å². The van der Waals surface area contributed by atoms with E-state index < -0.39 is 0 Å². The van der Waals surface area contributed by atoms with Crippen molar-refractivity contribution in [2.75, 3.05) is 6.61 Å². The molecule has 90 valence electrons. The summed E-state index contributed by atoms with van der Waals surface area (Å²) in [5.41, 5.74) is 0.485. The molecular weight excluding hydrogens is 186 g/mol. The third kappa shape index (κ3) is 3.46. The molecule has 1 aliphatic carbocycles. The fourth-order valence-corrected chi connectivity index (χ4v) is 2.78. The summed E-state index contributed by atoms with van der Waals surface area (Å²) in [5, 5.41) is 12.8. The van der Waals surface area contributed by atoms with Gasteiger partial charge in [-0.05, 0) is 37.0 Å². The van der Waals surface area contributed by atoms with Crippen LogP contribution in [-0.4, -0.2) is 23.8 Å². The molecule has 1 saturated carbocycles. The molecule has 0 aromatic rings. The fourth-order valence-electron chi connectivity index (χ4n) is 2.78. The first kappa shape index (κ1) is 13.0. The molecule has 0 bridgehead atoms. The molecule has 2 N–H and O–H groups in total. The van der Waals surface area contributed by atoms with Gasteiger partial charge in [-0.3, -0.25) is 0 Å². The average molecular weight is 213 g/mol. The third-order valence-corrected chi connectivity index (χ3v) is 3.95. The highest BCUT2D eigenvalue weighted by atomic mass is 16.3. The van der Waals surface area contributed by atoms with Gasteiger partial charge in [0.25, 0.3) is 0 Å². The minimum Gasteiger partial charge on any atom is -0.396 e. The average Bonchev–Trinajstić information content (AvgIpc) is 2.38. The second-order valence-electron chi connectivity index (χ2n) is 6.27. The van der Waals surface area contributed by atoms with Gasteiger partial charge in [0.15, 0.2) is 0 Å². The summed E-state index contributed by atoms with van der Waals surface area (Å²) in [4.78, 5) is 0. The monoisotopic (exact) mass is 213 g/mol. The van der Waals surface area contributed by atoms with E-state index in [1.807, 2.05) is 0 Å². The predicted octanol–water partition coefficient (Wildman–Crippen LogP) is 2.42. The van der Waals surface area contributed by atoms with E-state index in [2.05, 4.69) is 39.9 Å². The summed E-state index contributed by atoms with van der Waals surface area (Å²) in [6, 6.07) is 1.04. The Morgan fingerprint density at radius 1 is 1.33 bits per heavy atom. The van der Waals surface area contributed by atoms with E-state index in [-0.39, 0.29) is 6.61 Å². The highest BCUT2D eigenvalue weighted by Gasteiger charge is 2.37. The Bertz CT molecular complexity index is 203. The van der Waals surface area contributed by atoms with Crippen LogP contribution in [0.15, 0.2) is 0 Å². The van der Waals surface area contributed by atoms with Crippen molar-refractivity contribution in [2.24, 2.45) is 17.3 Å². The summed E-state index contributed by atoms with van der Waals surface area (Å²) >= 11 is 0. The maximum absolute atomic E-state index is 9.11. The summed E-state index contributed by atoms with van der Waals surface area (Å²) < 4.78 is 0. The summed E-state index contributed by atoms with van der Waals surface area (Å²) in [6.07, 6.45) is 2.57. The Kier molecular flexibility index (Phi) is 4.19. The standard InChI is InChI=1S/C13H27NO/c1-9-6-13(4,5)7-12(9)14-11(3)10(2)8-15/h9-12,14-15H,6-8H2,1-5H3. The van der Waals surface area contributed by atoms with E-state index in [0.29, 0.717) is 23.4 Å². The van der Waals surface area contributed by atoms with Crippen molar-refractivity contribution in [3.8, 4) is 0 Å². The lowest BCUT2D eigenvalue weighted by Gasteiger charge is -2.26. The minimum absolute atomic E-state index is 0.276. The Morgan fingerprint density at radius 2 is 1.93 bits per heavy atom. The molecule has 1 fully saturated rings. The lowest BCUT2D eigenvalue weighted by atomic mass is 9.91. The molecule has 0 radical (unpaired) electrons. The highest BCUT2D eigenvalue weighted by molar-refractivity contribution is 4.92. The lowest BCUT2D eigenvalue weighted by Crippen LogP contribution is -2.42. The lowest BCUT2D eigenvalue weighted by molar-refractivity contribution is 0.195. The SMILES string of the molecule is CC(CO)C(C)NC1CC(C)(C)CC1C. The topological polar surface area (TPSA) is 32.3 Å². The molecule has 4 atom stereocenters. The molecule has 15 heavy (non-hydrogen) atoms. The van der Waals surface area contributed by atoms with Crippen LogP contribution in [0.4, 0.5) is 0 Å². The Hall–Kier alpha value is -0.0800. The molecule has 0 saturated heterocycles. The van der Waals surface area contributed by atoms with Crippen LogP contribution < -0.4 is 5.32 Å². The Balaban J connectivity index is 2.46. The van der Waals surface area contributed by atoms with Gasteiger partial charge in [-0.25, -0.2) is 0 Å². The van der Waals surface area contributed by atoms with Gasteiger partial charge >= 0.3 is 0 Å². The minimum atomic E-state index is 0.276. The first-order chi connectivity index (χ1) is 6.85. The van der Waals surface area contributed by atoms with Crippen LogP contribution in [0, 0.1) is 17.3 Å². The highest BCUT2D eigenvalue weighted by Crippen LogP contribution is 2.41. The van der Waals surface area contributed by atoms with Crippen LogP contribution in [-0.2, 0) is 0 Å². The molecule has 0 amide bonds. The zero-order valence-corrected chi connectivity index (χ0v) is 10.9. The molecule has 0 spiro atoms. The number of rotatable bonds is 4. The van der Waals surface area contributed by atoms with Crippen molar-refractivity contribution in [2.45, 2.75) is 59.5 Å². The number of nitrogens with one attached hydrogen (secondary N) is 1. The smallest absolute Gasteiger partial charge is 0.0471 e. The molecular formula is C13H27NO. The number of hydrogen-bond acceptors (Lipinski definition) is 2. The second kappa shape index (κ2) is 4.84. The molecule has 2 heteroatoms. The first-order valence-electron chi connectivity index (χ1n) is 6.22. The molecule has 1 rings (SSSR count). The largest absolute Gasteiger partial charge is 0.396 e. The van der Waals surface area contributed by atoms with E-state index in [4.69, 9.17) is 5.11 Å². The number of aliphatic hydroxyl groups excluding tert-OH is 1. The van der Waals surface area contributed by atoms with Crippen LogP contribution in [0.1, 0.15) is 47.5 Å². The van der Waals surface area contributed by atoms with Gasteiger partial charge < -0.3 is 10.4 Å². The Labute approximate surface area is 94.5 Å². The summed E-state index contributed by atoms with van der Waals surface area (Å²) in [7, 11) is 0. The van der Waals surface area contributed by atoms with E-state index in [9.17, 15) is 0 Å². The van der Waals surface area contributed by atoms with E-state index in [1.165, 1.54) is 12.8 Å². The molecule has 2 nitrogen and oxygen atoms in total. The zero-order chi connectivity index (χ0) is 11.6. The van der Waals surface area contributed by atoms with Gasteiger partial charge in [0.1, 0.15) is 0 Å². The molecule has 0 aromatic heterocycles. The fraction of sp³-hybridized carbons (Fsp3) is 1.00. The Morgan fingerprint density at radius 3 is 2.33 bits per heavy atom. The van der Waals surface area contributed by atoms with Crippen molar-refractivity contribution >= 4 is 0 Å². The maximum Gasteiger partial charge on any atom is 0.0471 e. The van der Waals surface area contributed by atoms with Gasteiger partial charge in [-0.15, -0.1) is 0 Å². The summed E-state index contributed by atoms with van der Waals surface area (Å²) in [5.74, 6) is 1.11. The van der Waals surface area contributed by atoms with Crippen LogP contribution in [0.5, 0.6) is 0 Å². The third-order valence-electron chi connectivity index (χ3n) is 3.95. The van der Waals surface area contributed by atoms with Gasteiger partial charge in [0, 0.05) is 18.7 Å². The van der Waals surface area contributed by atoms with Crippen LogP contribution >= 0.6 is 0 Å². The van der Waals surface area contributed by atoms with Gasteiger partial charge in [-0.1, -0.05) is 27.7 Å². The zero-order valence-electron chi connectivity index (χ0n) is 10.9. The van der Waals surface area contributed by atoms with Crippen molar-refractivity contribution in [3.05, 3.63) is 0 Å². The van der Waals surface area contributed by atoms with Gasteiger partial charge in [0.05, 0.1) is 0 Å². The molecule has 4 unspecified atom stereocenters. The van der Waals surface area contributed by atoms with Crippen LogP contribution in [0.3, 0.4) is 0 Å². The van der Waals surface area contributed by atoms with E-state index >= 15 is 0 Å². The molecule has 0 aromatic carbocycles. The van der Waals surface area contributed by atoms with Gasteiger partial charge in [0.2, 0.25) is 0 Å². The first-order valence-corrected chi connectivity index (χ1v) is 6.22. The maximum atomic E-state index is 9.11. The molecule has 1 aliphatic rings. The van der Waals surface area contributed by atoms with E-state index in [0.717, 1.165) is 5.92 Å². The van der Waals surface area contributed by atoms with Crippen molar-refractivity contribution in [1.29, 1.82) is 0 Å². The second-order valence-corrected chi connectivity index (χ2v) is 6.27. The quantitative estimate of drug-likeness (QED) is 0.751. The number of aliphatic hydroxyl groups is 1. The van der Waals surface area contributed by atoms with Crippen molar-refractivity contribution in [1.82, 2.24) is 5.32 Å². The van der Waals surface area contributed by atoms with Crippen molar-refractivity contribution < 1.29 is 5.11 Å². The van der Waals surface area contributed by atoms with Crippen LogP contribution in [0.25, 0.3) is 0 Å². The normalized spacial score (nSPS) is 34.0. The molecule has 0 aliphatic heterocycles. The number of hydrogen-bond donors (Lipinski definition) is 2.